The van der Waals surface area contributed by atoms with Crippen LogP contribution in [0.2, 0.25) is 10.0 Å². The first-order valence-electron chi connectivity index (χ1n) is 5.02. The molecule has 2 aromatic rings. The molecule has 17 heavy (non-hydrogen) atoms. The molecule has 0 saturated heterocycles. The van der Waals surface area contributed by atoms with Crippen LogP contribution in [0, 0.1) is 0 Å². The van der Waals surface area contributed by atoms with E-state index < -0.39 is 0 Å². The van der Waals surface area contributed by atoms with Crippen molar-refractivity contribution >= 4 is 23.2 Å². The average molecular weight is 271 g/mol. The fourth-order valence-corrected chi connectivity index (χ4v) is 2.34. The smallest absolute Gasteiger partial charge is 0.131 e. The molecular weight excluding hydrogens is 259 g/mol. The van der Waals surface area contributed by atoms with Crippen molar-refractivity contribution in [2.75, 3.05) is 0 Å². The zero-order valence-corrected chi connectivity index (χ0v) is 10.7. The quantitative estimate of drug-likeness (QED) is 0.665. The van der Waals surface area contributed by atoms with E-state index >= 15 is 0 Å². The summed E-state index contributed by atoms with van der Waals surface area (Å²) in [6, 6.07) is 5.00. The molecule has 0 aliphatic heterocycles. The summed E-state index contributed by atoms with van der Waals surface area (Å²) < 4.78 is 1.87. The van der Waals surface area contributed by atoms with Crippen LogP contribution in [0.4, 0.5) is 0 Å². The minimum absolute atomic E-state index is 0.337. The van der Waals surface area contributed by atoms with Gasteiger partial charge in [0.05, 0.1) is 0 Å². The molecule has 0 bridgehead atoms. The zero-order chi connectivity index (χ0) is 12.4. The molecule has 6 heteroatoms. The molecule has 3 N–H and O–H groups in total. The van der Waals surface area contributed by atoms with Crippen molar-refractivity contribution in [2.24, 2.45) is 12.9 Å². The Bertz CT molecular complexity index is 504. The predicted molar refractivity (Wildman–Crippen MR) is 68.8 cm³/mol. The highest BCUT2D eigenvalue weighted by atomic mass is 35.5. The van der Waals surface area contributed by atoms with Crippen molar-refractivity contribution in [3.05, 3.63) is 52.0 Å². The monoisotopic (exact) mass is 270 g/mol. The molecule has 2 rings (SSSR count). The summed E-state index contributed by atoms with van der Waals surface area (Å²) >= 11 is 12.3. The van der Waals surface area contributed by atoms with Crippen molar-refractivity contribution in [2.45, 2.75) is 6.04 Å². The van der Waals surface area contributed by atoms with Crippen molar-refractivity contribution in [3.63, 3.8) is 0 Å². The SMILES string of the molecule is Cn1ccnc1C(NN)c1c(Cl)cccc1Cl. The lowest BCUT2D eigenvalue weighted by atomic mass is 10.1. The number of halogens is 2. The molecule has 90 valence electrons. The first-order valence-corrected chi connectivity index (χ1v) is 5.78. The standard InChI is InChI=1S/C11H12Cl2N4/c1-17-6-5-15-11(17)10(16-14)9-7(12)3-2-4-8(9)13/h2-6,10,16H,14H2,1H3. The third-order valence-electron chi connectivity index (χ3n) is 2.57. The molecule has 1 atom stereocenters. The molecule has 0 radical (unpaired) electrons. The Morgan fingerprint density at radius 1 is 1.35 bits per heavy atom. The summed E-state index contributed by atoms with van der Waals surface area (Å²) in [5.74, 6) is 6.33. The third kappa shape index (κ3) is 2.30. The topological polar surface area (TPSA) is 55.9 Å². The van der Waals surface area contributed by atoms with Gasteiger partial charge in [0.15, 0.2) is 0 Å². The van der Waals surface area contributed by atoms with Crippen LogP contribution in [-0.2, 0) is 7.05 Å². The highest BCUT2D eigenvalue weighted by molar-refractivity contribution is 6.36. The van der Waals surface area contributed by atoms with E-state index in [1.54, 1.807) is 24.4 Å². The van der Waals surface area contributed by atoms with E-state index in [2.05, 4.69) is 10.4 Å². The zero-order valence-electron chi connectivity index (χ0n) is 9.19. The molecule has 0 aliphatic rings. The van der Waals surface area contributed by atoms with Crippen molar-refractivity contribution in [3.8, 4) is 0 Å². The molecule has 0 amide bonds. The second kappa shape index (κ2) is 5.06. The number of hydrogen-bond acceptors (Lipinski definition) is 3. The number of hydrogen-bond donors (Lipinski definition) is 2. The number of benzene rings is 1. The molecule has 1 aromatic carbocycles. The lowest BCUT2D eigenvalue weighted by molar-refractivity contribution is 0.580. The highest BCUT2D eigenvalue weighted by Gasteiger charge is 2.21. The summed E-state index contributed by atoms with van der Waals surface area (Å²) in [5.41, 5.74) is 3.42. The largest absolute Gasteiger partial charge is 0.336 e. The van der Waals surface area contributed by atoms with Crippen molar-refractivity contribution in [1.29, 1.82) is 0 Å². The predicted octanol–water partition coefficient (Wildman–Crippen LogP) is 2.28. The van der Waals surface area contributed by atoms with E-state index in [9.17, 15) is 0 Å². The van der Waals surface area contributed by atoms with Gasteiger partial charge in [0.25, 0.3) is 0 Å². The minimum atomic E-state index is -0.337. The number of rotatable bonds is 3. The Labute approximate surface area is 109 Å². The molecule has 4 nitrogen and oxygen atoms in total. The molecule has 1 heterocycles. The van der Waals surface area contributed by atoms with Gasteiger partial charge in [0.1, 0.15) is 11.9 Å². The van der Waals surface area contributed by atoms with E-state index in [4.69, 9.17) is 29.0 Å². The summed E-state index contributed by atoms with van der Waals surface area (Å²) in [6.45, 7) is 0. The Balaban J connectivity index is 2.53. The third-order valence-corrected chi connectivity index (χ3v) is 3.23. The Morgan fingerprint density at radius 2 is 2.00 bits per heavy atom. The van der Waals surface area contributed by atoms with Gasteiger partial charge in [-0.05, 0) is 12.1 Å². The van der Waals surface area contributed by atoms with Gasteiger partial charge in [0, 0.05) is 35.1 Å². The number of aryl methyl sites for hydroxylation is 1. The average Bonchev–Trinajstić information content (AvgIpc) is 2.70. The number of imidazole rings is 1. The first kappa shape index (κ1) is 12.4. The van der Waals surface area contributed by atoms with Gasteiger partial charge >= 0.3 is 0 Å². The van der Waals surface area contributed by atoms with Crippen molar-refractivity contribution < 1.29 is 0 Å². The molecule has 0 aliphatic carbocycles. The van der Waals surface area contributed by atoms with Crippen LogP contribution >= 0.6 is 23.2 Å². The number of nitrogens with two attached hydrogens (primary N) is 1. The van der Waals surface area contributed by atoms with Gasteiger partial charge < -0.3 is 4.57 Å². The Hall–Kier alpha value is -1.07. The molecule has 1 aromatic heterocycles. The summed E-state index contributed by atoms with van der Waals surface area (Å²) in [5, 5.41) is 1.12. The number of nitrogens with zero attached hydrogens (tertiary/aromatic N) is 2. The van der Waals surface area contributed by atoms with Gasteiger partial charge in [-0.1, -0.05) is 29.3 Å². The molecular formula is C11H12Cl2N4. The number of aromatic nitrogens is 2. The number of hydrazine groups is 1. The van der Waals surface area contributed by atoms with Crippen LogP contribution in [0.25, 0.3) is 0 Å². The Kier molecular flexibility index (Phi) is 3.69. The first-order chi connectivity index (χ1) is 8.15. The van der Waals surface area contributed by atoms with E-state index in [1.807, 2.05) is 17.8 Å². The van der Waals surface area contributed by atoms with Crippen LogP contribution in [-0.4, -0.2) is 9.55 Å². The van der Waals surface area contributed by atoms with E-state index in [1.165, 1.54) is 0 Å². The maximum Gasteiger partial charge on any atom is 0.131 e. The molecule has 0 saturated carbocycles. The van der Waals surface area contributed by atoms with E-state index in [0.717, 1.165) is 11.4 Å². The summed E-state index contributed by atoms with van der Waals surface area (Å²) in [6.07, 6.45) is 3.54. The Morgan fingerprint density at radius 3 is 2.47 bits per heavy atom. The van der Waals surface area contributed by atoms with Crippen LogP contribution in [0.1, 0.15) is 17.4 Å². The second-order valence-corrected chi connectivity index (χ2v) is 4.45. The van der Waals surface area contributed by atoms with Crippen molar-refractivity contribution in [1.82, 2.24) is 15.0 Å². The van der Waals surface area contributed by atoms with Gasteiger partial charge in [-0.25, -0.2) is 10.4 Å². The van der Waals surface area contributed by atoms with E-state index in [0.29, 0.717) is 10.0 Å². The summed E-state index contributed by atoms with van der Waals surface area (Å²) in [7, 11) is 1.89. The van der Waals surface area contributed by atoms with Crippen LogP contribution in [0.15, 0.2) is 30.6 Å². The van der Waals surface area contributed by atoms with Crippen LogP contribution < -0.4 is 11.3 Å². The molecule has 1 unspecified atom stereocenters. The fourth-order valence-electron chi connectivity index (χ4n) is 1.73. The maximum absolute atomic E-state index is 6.16. The number of nitrogens with one attached hydrogen (secondary N) is 1. The molecule has 0 spiro atoms. The highest BCUT2D eigenvalue weighted by Crippen LogP contribution is 2.32. The molecule has 0 fully saturated rings. The normalized spacial score (nSPS) is 12.7. The minimum Gasteiger partial charge on any atom is -0.336 e. The van der Waals surface area contributed by atoms with Gasteiger partial charge in [0.2, 0.25) is 0 Å². The van der Waals surface area contributed by atoms with Crippen LogP contribution in [0.5, 0.6) is 0 Å². The van der Waals surface area contributed by atoms with Crippen LogP contribution in [0.3, 0.4) is 0 Å². The lowest BCUT2D eigenvalue weighted by Gasteiger charge is -2.18. The lowest BCUT2D eigenvalue weighted by Crippen LogP contribution is -2.31. The van der Waals surface area contributed by atoms with E-state index in [-0.39, 0.29) is 6.04 Å². The fraction of sp³-hybridized carbons (Fsp3) is 0.182. The van der Waals surface area contributed by atoms with Gasteiger partial charge in [-0.2, -0.15) is 0 Å². The second-order valence-electron chi connectivity index (χ2n) is 3.63. The van der Waals surface area contributed by atoms with Gasteiger partial charge in [-0.15, -0.1) is 0 Å². The van der Waals surface area contributed by atoms with Gasteiger partial charge in [-0.3, -0.25) is 5.84 Å². The maximum atomic E-state index is 6.16. The summed E-state index contributed by atoms with van der Waals surface area (Å²) in [4.78, 5) is 4.25.